The van der Waals surface area contributed by atoms with Crippen molar-refractivity contribution in [3.8, 4) is 5.75 Å². The zero-order valence-electron chi connectivity index (χ0n) is 10.7. The highest BCUT2D eigenvalue weighted by molar-refractivity contribution is 5.53. The lowest BCUT2D eigenvalue weighted by Crippen LogP contribution is -2.30. The van der Waals surface area contributed by atoms with Crippen LogP contribution in [0.15, 0.2) is 29.8 Å². The molecule has 0 saturated carbocycles. The van der Waals surface area contributed by atoms with Gasteiger partial charge >= 0.3 is 0 Å². The molecule has 1 unspecified atom stereocenters. The summed E-state index contributed by atoms with van der Waals surface area (Å²) in [5.41, 5.74) is 2.39. The van der Waals surface area contributed by atoms with Gasteiger partial charge in [-0.15, -0.1) is 0 Å². The predicted octanol–water partition coefficient (Wildman–Crippen LogP) is 2.07. The third kappa shape index (κ3) is 5.02. The first kappa shape index (κ1) is 13.7. The minimum Gasteiger partial charge on any atom is -0.497 e. The van der Waals surface area contributed by atoms with E-state index >= 15 is 0 Å². The van der Waals surface area contributed by atoms with Gasteiger partial charge in [-0.25, -0.2) is 0 Å². The number of nitrogens with one attached hydrogen (secondary N) is 1. The Labute approximate surface area is 103 Å². The highest BCUT2D eigenvalue weighted by atomic mass is 16.5. The van der Waals surface area contributed by atoms with Gasteiger partial charge in [-0.1, -0.05) is 23.8 Å². The molecule has 1 aromatic rings. The molecule has 0 amide bonds. The van der Waals surface area contributed by atoms with Gasteiger partial charge in [0.1, 0.15) is 5.75 Å². The Balaban J connectivity index is 2.54. The second-order valence-corrected chi connectivity index (χ2v) is 4.23. The predicted molar refractivity (Wildman–Crippen MR) is 71.2 cm³/mol. The molecule has 0 aromatic heterocycles. The van der Waals surface area contributed by atoms with E-state index in [1.807, 2.05) is 31.2 Å². The molecule has 1 atom stereocenters. The maximum absolute atomic E-state index is 8.90. The Bertz CT molecular complexity index is 357. The average Bonchev–Trinajstić information content (AvgIpc) is 2.36. The Morgan fingerprint density at radius 3 is 2.59 bits per heavy atom. The van der Waals surface area contributed by atoms with Gasteiger partial charge in [0.15, 0.2) is 0 Å². The monoisotopic (exact) mass is 235 g/mol. The quantitative estimate of drug-likeness (QED) is 0.793. The molecule has 2 N–H and O–H groups in total. The Hall–Kier alpha value is -1.32. The number of hydrogen-bond donors (Lipinski definition) is 2. The smallest absolute Gasteiger partial charge is 0.118 e. The lowest BCUT2D eigenvalue weighted by molar-refractivity contribution is 0.254. The summed E-state index contributed by atoms with van der Waals surface area (Å²) in [6.45, 7) is 4.98. The van der Waals surface area contributed by atoms with E-state index in [1.165, 1.54) is 5.57 Å². The summed E-state index contributed by atoms with van der Waals surface area (Å²) in [6.07, 6.45) is 2.12. The van der Waals surface area contributed by atoms with Crippen LogP contribution in [-0.2, 0) is 0 Å². The Morgan fingerprint density at radius 2 is 2.06 bits per heavy atom. The van der Waals surface area contributed by atoms with Crippen LogP contribution in [0.5, 0.6) is 5.75 Å². The van der Waals surface area contributed by atoms with Crippen molar-refractivity contribution in [3.05, 3.63) is 35.4 Å². The number of aliphatic hydroxyl groups excluding tert-OH is 1. The molecule has 3 heteroatoms. The number of benzene rings is 1. The van der Waals surface area contributed by atoms with E-state index in [0.29, 0.717) is 0 Å². The molecule has 0 bridgehead atoms. The van der Waals surface area contributed by atoms with Gasteiger partial charge in [0.2, 0.25) is 0 Å². The first-order valence-electron chi connectivity index (χ1n) is 5.81. The normalized spacial score (nSPS) is 13.5. The summed E-state index contributed by atoms with van der Waals surface area (Å²) in [6, 6.07) is 8.08. The zero-order chi connectivity index (χ0) is 12.7. The fourth-order valence-electron chi connectivity index (χ4n) is 1.44. The van der Waals surface area contributed by atoms with Crippen molar-refractivity contribution in [2.24, 2.45) is 0 Å². The summed E-state index contributed by atoms with van der Waals surface area (Å²) in [5, 5.41) is 12.1. The van der Waals surface area contributed by atoms with Crippen LogP contribution in [-0.4, -0.2) is 31.4 Å². The summed E-state index contributed by atoms with van der Waals surface area (Å²) >= 11 is 0. The Morgan fingerprint density at radius 1 is 1.41 bits per heavy atom. The molecule has 0 heterocycles. The molecule has 1 rings (SSSR count). The molecule has 0 spiro atoms. The van der Waals surface area contributed by atoms with Crippen LogP contribution in [0.3, 0.4) is 0 Å². The highest BCUT2D eigenvalue weighted by Gasteiger charge is 1.98. The van der Waals surface area contributed by atoms with Gasteiger partial charge in [-0.3, -0.25) is 0 Å². The third-order valence-electron chi connectivity index (χ3n) is 2.53. The van der Waals surface area contributed by atoms with E-state index in [0.717, 1.165) is 17.9 Å². The molecule has 0 saturated heterocycles. The van der Waals surface area contributed by atoms with E-state index in [1.54, 1.807) is 7.11 Å². The fourth-order valence-corrected chi connectivity index (χ4v) is 1.44. The number of hydrogen-bond acceptors (Lipinski definition) is 3. The molecule has 0 aliphatic heterocycles. The molecule has 1 aromatic carbocycles. The second kappa shape index (κ2) is 7.09. The van der Waals surface area contributed by atoms with Crippen LogP contribution < -0.4 is 10.1 Å². The van der Waals surface area contributed by atoms with Crippen LogP contribution in [0.4, 0.5) is 0 Å². The number of ether oxygens (including phenoxy) is 1. The van der Waals surface area contributed by atoms with Gasteiger partial charge in [0, 0.05) is 12.6 Å². The maximum Gasteiger partial charge on any atom is 0.118 e. The third-order valence-corrected chi connectivity index (χ3v) is 2.53. The van der Waals surface area contributed by atoms with E-state index < -0.39 is 0 Å². The minimum atomic E-state index is 0.134. The minimum absolute atomic E-state index is 0.134. The van der Waals surface area contributed by atoms with E-state index in [9.17, 15) is 0 Å². The number of rotatable bonds is 6. The van der Waals surface area contributed by atoms with Crippen LogP contribution in [0.25, 0.3) is 6.08 Å². The summed E-state index contributed by atoms with van der Waals surface area (Å²) in [4.78, 5) is 0. The standard InChI is InChI=1S/C14H21NO2/c1-11(9-15-12(2)10-16)8-13-4-6-14(17-3)7-5-13/h4-8,12,15-16H,9-10H2,1-3H3/b11-8-. The van der Waals surface area contributed by atoms with E-state index in [-0.39, 0.29) is 12.6 Å². The molecule has 0 radical (unpaired) electrons. The van der Waals surface area contributed by atoms with Crippen LogP contribution in [0.1, 0.15) is 19.4 Å². The molecular formula is C14H21NO2. The molecular weight excluding hydrogens is 214 g/mol. The largest absolute Gasteiger partial charge is 0.497 e. The van der Waals surface area contributed by atoms with Crippen molar-refractivity contribution in [1.29, 1.82) is 0 Å². The zero-order valence-corrected chi connectivity index (χ0v) is 10.7. The maximum atomic E-state index is 8.90. The highest BCUT2D eigenvalue weighted by Crippen LogP contribution is 2.13. The molecule has 94 valence electrons. The summed E-state index contributed by atoms with van der Waals surface area (Å²) in [5.74, 6) is 0.867. The van der Waals surface area contributed by atoms with Crippen molar-refractivity contribution in [2.75, 3.05) is 20.3 Å². The molecule has 0 fully saturated rings. The van der Waals surface area contributed by atoms with Crippen molar-refractivity contribution in [1.82, 2.24) is 5.32 Å². The fraction of sp³-hybridized carbons (Fsp3) is 0.429. The lowest BCUT2D eigenvalue weighted by Gasteiger charge is -2.10. The Kier molecular flexibility index (Phi) is 5.73. The van der Waals surface area contributed by atoms with Crippen molar-refractivity contribution < 1.29 is 9.84 Å². The molecule has 17 heavy (non-hydrogen) atoms. The van der Waals surface area contributed by atoms with Gasteiger partial charge in [-0.05, 0) is 31.5 Å². The molecule has 3 nitrogen and oxygen atoms in total. The molecule has 0 aliphatic rings. The second-order valence-electron chi connectivity index (χ2n) is 4.23. The number of aliphatic hydroxyl groups is 1. The number of methoxy groups -OCH3 is 1. The first-order chi connectivity index (χ1) is 8.15. The SMILES string of the molecule is COc1ccc(/C=C(/C)CNC(C)CO)cc1. The summed E-state index contributed by atoms with van der Waals surface area (Å²) in [7, 11) is 1.66. The van der Waals surface area contributed by atoms with Crippen molar-refractivity contribution >= 4 is 6.08 Å². The van der Waals surface area contributed by atoms with Crippen LogP contribution in [0.2, 0.25) is 0 Å². The van der Waals surface area contributed by atoms with Gasteiger partial charge < -0.3 is 15.2 Å². The first-order valence-corrected chi connectivity index (χ1v) is 5.81. The topological polar surface area (TPSA) is 41.5 Å². The van der Waals surface area contributed by atoms with Crippen LogP contribution >= 0.6 is 0 Å². The summed E-state index contributed by atoms with van der Waals surface area (Å²) < 4.78 is 5.11. The van der Waals surface area contributed by atoms with Crippen molar-refractivity contribution in [3.63, 3.8) is 0 Å². The van der Waals surface area contributed by atoms with Crippen molar-refractivity contribution in [2.45, 2.75) is 19.9 Å². The average molecular weight is 235 g/mol. The van der Waals surface area contributed by atoms with Crippen LogP contribution in [0, 0.1) is 0 Å². The van der Waals surface area contributed by atoms with Gasteiger partial charge in [0.05, 0.1) is 13.7 Å². The van der Waals surface area contributed by atoms with E-state index in [2.05, 4.69) is 18.3 Å². The lowest BCUT2D eigenvalue weighted by atomic mass is 10.1. The molecule has 0 aliphatic carbocycles. The van der Waals surface area contributed by atoms with E-state index in [4.69, 9.17) is 9.84 Å². The van der Waals surface area contributed by atoms with Gasteiger partial charge in [-0.2, -0.15) is 0 Å². The van der Waals surface area contributed by atoms with Gasteiger partial charge in [0.25, 0.3) is 0 Å².